The zero-order valence-corrected chi connectivity index (χ0v) is 17.9. The molecule has 0 saturated heterocycles. The number of nitrogens with zero attached hydrogens (tertiary/aromatic N) is 1. The molecule has 1 heterocycles. The molecule has 0 amide bonds. The van der Waals surface area contributed by atoms with Crippen molar-refractivity contribution in [3.8, 4) is 0 Å². The van der Waals surface area contributed by atoms with Crippen LogP contribution in [0.5, 0.6) is 0 Å². The zero-order valence-electron chi connectivity index (χ0n) is 17.0. The topological polar surface area (TPSA) is 80.2 Å². The van der Waals surface area contributed by atoms with Crippen LogP contribution in [0.15, 0.2) is 29.2 Å². The zero-order chi connectivity index (χ0) is 22.2. The van der Waals surface area contributed by atoms with Gasteiger partial charge in [0.1, 0.15) is 19.4 Å². The first-order valence-corrected chi connectivity index (χ1v) is 12.1. The summed E-state index contributed by atoms with van der Waals surface area (Å²) in [6, 6.07) is 3.59. The van der Waals surface area contributed by atoms with Crippen LogP contribution in [0.2, 0.25) is 0 Å². The van der Waals surface area contributed by atoms with Gasteiger partial charge in [0.2, 0.25) is 15.8 Å². The molecule has 31 heavy (non-hydrogen) atoms. The maximum Gasteiger partial charge on any atom is 0.289 e. The van der Waals surface area contributed by atoms with Gasteiger partial charge in [0.25, 0.3) is 5.56 Å². The second-order valence-electron chi connectivity index (χ2n) is 8.30. The van der Waals surface area contributed by atoms with Gasteiger partial charge in [-0.3, -0.25) is 9.52 Å². The summed E-state index contributed by atoms with van der Waals surface area (Å²) in [6.45, 7) is 0. The van der Waals surface area contributed by atoms with Crippen molar-refractivity contribution in [1.29, 1.82) is 0 Å². The summed E-state index contributed by atoms with van der Waals surface area (Å²) in [5.41, 5.74) is -1.31. The summed E-state index contributed by atoms with van der Waals surface area (Å²) in [4.78, 5) is 12.7. The number of rotatable bonds is 6. The van der Waals surface area contributed by atoms with E-state index in [-0.39, 0.29) is 22.9 Å². The van der Waals surface area contributed by atoms with E-state index in [1.165, 1.54) is 22.9 Å². The third kappa shape index (κ3) is 4.49. The van der Waals surface area contributed by atoms with E-state index >= 15 is 4.39 Å². The highest BCUT2D eigenvalue weighted by molar-refractivity contribution is 7.93. The largest absolute Gasteiger partial charge is 0.349 e. The van der Waals surface area contributed by atoms with Crippen molar-refractivity contribution in [2.24, 2.45) is 0 Å². The monoisotopic (exact) mass is 447 g/mol. The van der Waals surface area contributed by atoms with Gasteiger partial charge in [0.05, 0.1) is 16.6 Å². The Hall–Kier alpha value is -2.36. The van der Waals surface area contributed by atoms with E-state index in [0.717, 1.165) is 31.7 Å². The molecule has 6 nitrogen and oxygen atoms in total. The van der Waals surface area contributed by atoms with Crippen LogP contribution >= 0.6 is 0 Å². The minimum Gasteiger partial charge on any atom is -0.349 e. The van der Waals surface area contributed by atoms with Gasteiger partial charge in [-0.15, -0.1) is 0 Å². The average Bonchev–Trinajstić information content (AvgIpc) is 3.43. The summed E-state index contributed by atoms with van der Waals surface area (Å²) in [7, 11) is 1.76. The van der Waals surface area contributed by atoms with Crippen LogP contribution in [-0.2, 0) is 10.0 Å². The van der Waals surface area contributed by atoms with Crippen molar-refractivity contribution < 1.29 is 17.2 Å². The molecule has 2 saturated carbocycles. The summed E-state index contributed by atoms with van der Waals surface area (Å²) in [5.74, 6) is -1.90. The van der Waals surface area contributed by atoms with E-state index in [4.69, 9.17) is 7.85 Å². The van der Waals surface area contributed by atoms with E-state index in [1.54, 1.807) is 0 Å². The van der Waals surface area contributed by atoms with E-state index in [0.29, 0.717) is 25.7 Å². The number of benzene rings is 1. The molecule has 0 atom stereocenters. The van der Waals surface area contributed by atoms with E-state index in [9.17, 15) is 17.6 Å². The van der Waals surface area contributed by atoms with Crippen molar-refractivity contribution >= 4 is 40.4 Å². The Morgan fingerprint density at radius 1 is 1.00 bits per heavy atom. The van der Waals surface area contributed by atoms with Gasteiger partial charge < -0.3 is 9.88 Å². The van der Waals surface area contributed by atoms with E-state index in [1.807, 2.05) is 0 Å². The lowest BCUT2D eigenvalue weighted by atomic mass is 9.96. The van der Waals surface area contributed by atoms with Gasteiger partial charge in [-0.05, 0) is 37.8 Å². The molecule has 2 fully saturated rings. The second-order valence-corrected chi connectivity index (χ2v) is 10.3. The highest BCUT2D eigenvalue weighted by atomic mass is 32.2. The number of hydrogen-bond acceptors (Lipinski definition) is 4. The number of pyridine rings is 1. The first kappa shape index (κ1) is 21.9. The molecule has 0 spiro atoms. The lowest BCUT2D eigenvalue weighted by Crippen LogP contribution is -2.30. The highest BCUT2D eigenvalue weighted by Crippen LogP contribution is 2.35. The fourth-order valence-electron chi connectivity index (χ4n) is 4.46. The third-order valence-electron chi connectivity index (χ3n) is 6.14. The molecule has 1 aromatic heterocycles. The third-order valence-corrected chi connectivity index (χ3v) is 8.00. The van der Waals surface area contributed by atoms with Crippen LogP contribution in [0.1, 0.15) is 57.4 Å². The minimum atomic E-state index is -3.80. The Kier molecular flexibility index (Phi) is 6.10. The van der Waals surface area contributed by atoms with Gasteiger partial charge in [-0.1, -0.05) is 37.2 Å². The molecule has 0 unspecified atom stereocenters. The van der Waals surface area contributed by atoms with E-state index < -0.39 is 38.2 Å². The summed E-state index contributed by atoms with van der Waals surface area (Å²) in [6.07, 6.45) is 7.26. The first-order chi connectivity index (χ1) is 14.8. The Balaban J connectivity index is 1.79. The number of anilines is 3. The maximum absolute atomic E-state index is 15.2. The predicted molar refractivity (Wildman–Crippen MR) is 118 cm³/mol. The Labute approximate surface area is 181 Å². The molecule has 164 valence electrons. The molecule has 4 rings (SSSR count). The van der Waals surface area contributed by atoms with Crippen LogP contribution < -0.4 is 21.1 Å². The Bertz CT molecular complexity index is 1140. The normalized spacial score (nSPS) is 17.9. The highest BCUT2D eigenvalue weighted by Gasteiger charge is 2.31. The molecule has 2 radical (unpaired) electrons. The van der Waals surface area contributed by atoms with Crippen molar-refractivity contribution in [2.45, 2.75) is 62.7 Å². The molecule has 0 aliphatic heterocycles. The standard InChI is InChI=1S/C21H24BF2N3O3S/c22-13-9-10-17(16(23)11-13)25-20-18(26-31(29,30)15-7-3-4-8-15)12-27(21(28)19(20)24)14-5-1-2-6-14/h9-12,14-15,25-26H,1-8H2. The van der Waals surface area contributed by atoms with Crippen molar-refractivity contribution in [2.75, 3.05) is 10.0 Å². The van der Waals surface area contributed by atoms with Crippen molar-refractivity contribution in [3.63, 3.8) is 0 Å². The Morgan fingerprint density at radius 2 is 1.65 bits per heavy atom. The SMILES string of the molecule is [B]c1ccc(Nc2c(NS(=O)(=O)C3CCCC3)cn(C3CCCC3)c(=O)c2F)c(F)c1. The van der Waals surface area contributed by atoms with E-state index in [2.05, 4.69) is 10.0 Å². The maximum atomic E-state index is 15.2. The number of sulfonamides is 1. The molecular weight excluding hydrogens is 423 g/mol. The summed E-state index contributed by atoms with van der Waals surface area (Å²) in [5, 5.41) is 1.98. The van der Waals surface area contributed by atoms with Crippen LogP contribution in [0.25, 0.3) is 0 Å². The fourth-order valence-corrected chi connectivity index (χ4v) is 6.04. The van der Waals surface area contributed by atoms with Crippen LogP contribution in [-0.4, -0.2) is 26.1 Å². The van der Waals surface area contributed by atoms with Crippen LogP contribution in [0.4, 0.5) is 25.8 Å². The lowest BCUT2D eigenvalue weighted by molar-refractivity contribution is 0.479. The second kappa shape index (κ2) is 8.65. The van der Waals surface area contributed by atoms with Gasteiger partial charge in [-0.2, -0.15) is 4.39 Å². The summed E-state index contributed by atoms with van der Waals surface area (Å²) < 4.78 is 59.1. The number of hydrogen-bond donors (Lipinski definition) is 2. The average molecular weight is 447 g/mol. The van der Waals surface area contributed by atoms with Crippen LogP contribution in [0.3, 0.4) is 0 Å². The van der Waals surface area contributed by atoms with Gasteiger partial charge >= 0.3 is 0 Å². The van der Waals surface area contributed by atoms with Gasteiger partial charge in [-0.25, -0.2) is 12.8 Å². The number of aromatic nitrogens is 1. The first-order valence-electron chi connectivity index (χ1n) is 10.5. The molecule has 2 aromatic rings. The molecule has 10 heteroatoms. The predicted octanol–water partition coefficient (Wildman–Crippen LogP) is 3.46. The minimum absolute atomic E-state index is 0.105. The molecule has 0 bridgehead atoms. The van der Waals surface area contributed by atoms with Gasteiger partial charge in [0.15, 0.2) is 0 Å². The fraction of sp³-hybridized carbons (Fsp3) is 0.476. The van der Waals surface area contributed by atoms with Crippen molar-refractivity contribution in [1.82, 2.24) is 4.57 Å². The number of halogens is 2. The molecule has 1 aromatic carbocycles. The van der Waals surface area contributed by atoms with Crippen molar-refractivity contribution in [3.05, 3.63) is 46.4 Å². The molecular formula is C21H24BF2N3O3S. The molecule has 2 aliphatic rings. The van der Waals surface area contributed by atoms with Gasteiger partial charge in [0, 0.05) is 12.2 Å². The summed E-state index contributed by atoms with van der Waals surface area (Å²) >= 11 is 0. The van der Waals surface area contributed by atoms with Crippen LogP contribution in [0, 0.1) is 11.6 Å². The smallest absolute Gasteiger partial charge is 0.289 e. The molecule has 2 N–H and O–H groups in total. The molecule has 2 aliphatic carbocycles. The lowest BCUT2D eigenvalue weighted by Gasteiger charge is -2.21. The number of nitrogens with one attached hydrogen (secondary N) is 2. The Morgan fingerprint density at radius 3 is 2.29 bits per heavy atom. The quantitative estimate of drug-likeness (QED) is 0.665.